The van der Waals surface area contributed by atoms with Crippen molar-refractivity contribution in [3.05, 3.63) is 64.4 Å². The number of carbonyl (C=O) groups is 1. The third-order valence-corrected chi connectivity index (χ3v) is 4.77. The lowest BCUT2D eigenvalue weighted by Gasteiger charge is -2.04. The first-order valence-corrected chi connectivity index (χ1v) is 8.48. The summed E-state index contributed by atoms with van der Waals surface area (Å²) < 4.78 is 2.01. The van der Waals surface area contributed by atoms with Crippen molar-refractivity contribution >= 4 is 39.2 Å². The average molecular weight is 325 g/mol. The number of rotatable bonds is 3. The number of nitrogens with one attached hydrogen (secondary N) is 1. The van der Waals surface area contributed by atoms with Gasteiger partial charge in [-0.25, -0.2) is 4.98 Å². The van der Waals surface area contributed by atoms with Gasteiger partial charge in [0.1, 0.15) is 0 Å². The molecule has 0 fully saturated rings. The number of benzene rings is 1. The molecular formula is C16H11N3OS2. The van der Waals surface area contributed by atoms with E-state index in [0.717, 1.165) is 21.9 Å². The molecule has 0 aliphatic heterocycles. The molecule has 3 aromatic heterocycles. The molecule has 6 heteroatoms. The van der Waals surface area contributed by atoms with E-state index in [4.69, 9.17) is 0 Å². The number of thiophene rings is 1. The zero-order valence-electron chi connectivity index (χ0n) is 11.4. The van der Waals surface area contributed by atoms with Crippen LogP contribution >= 0.6 is 22.7 Å². The van der Waals surface area contributed by atoms with E-state index in [9.17, 15) is 4.79 Å². The van der Waals surface area contributed by atoms with Crippen LogP contribution in [0.2, 0.25) is 0 Å². The van der Waals surface area contributed by atoms with Gasteiger partial charge in [0.05, 0.1) is 11.3 Å². The number of thiazole rings is 1. The fourth-order valence-electron chi connectivity index (χ4n) is 2.19. The first-order valence-electron chi connectivity index (χ1n) is 6.66. The molecule has 4 rings (SSSR count). The number of aromatic nitrogens is 2. The lowest BCUT2D eigenvalue weighted by atomic mass is 10.1. The molecule has 0 spiro atoms. The van der Waals surface area contributed by atoms with Gasteiger partial charge in [0.25, 0.3) is 5.91 Å². The Morgan fingerprint density at radius 1 is 1.14 bits per heavy atom. The van der Waals surface area contributed by atoms with Crippen LogP contribution in [0.15, 0.2) is 58.9 Å². The Kier molecular flexibility index (Phi) is 3.25. The van der Waals surface area contributed by atoms with Crippen molar-refractivity contribution in [1.29, 1.82) is 0 Å². The van der Waals surface area contributed by atoms with Gasteiger partial charge in [0.2, 0.25) is 0 Å². The lowest BCUT2D eigenvalue weighted by molar-refractivity contribution is 0.102. The van der Waals surface area contributed by atoms with Crippen LogP contribution in [0.3, 0.4) is 0 Å². The van der Waals surface area contributed by atoms with Gasteiger partial charge in [-0.1, -0.05) is 12.1 Å². The van der Waals surface area contributed by atoms with Crippen molar-refractivity contribution in [2.75, 3.05) is 5.32 Å². The van der Waals surface area contributed by atoms with Gasteiger partial charge in [-0.3, -0.25) is 9.20 Å². The zero-order chi connectivity index (χ0) is 14.9. The first-order chi connectivity index (χ1) is 10.8. The number of carbonyl (C=O) groups excluding carboxylic acids is 1. The van der Waals surface area contributed by atoms with E-state index >= 15 is 0 Å². The maximum atomic E-state index is 12.0. The molecule has 0 saturated carbocycles. The standard InChI is InChI=1S/C16H11N3OS2/c20-15(12-5-7-21-10-12)17-13-3-1-11(2-4-13)14-9-19-6-8-22-16(19)18-14/h1-10H,(H,17,20). The van der Waals surface area contributed by atoms with Gasteiger partial charge in [0, 0.05) is 34.4 Å². The summed E-state index contributed by atoms with van der Waals surface area (Å²) in [6.45, 7) is 0. The van der Waals surface area contributed by atoms with Crippen LogP contribution in [-0.2, 0) is 0 Å². The van der Waals surface area contributed by atoms with Crippen molar-refractivity contribution in [3.63, 3.8) is 0 Å². The van der Waals surface area contributed by atoms with Crippen LogP contribution in [0, 0.1) is 0 Å². The molecule has 1 aromatic carbocycles. The van der Waals surface area contributed by atoms with Crippen molar-refractivity contribution in [3.8, 4) is 11.3 Å². The second-order valence-corrected chi connectivity index (χ2v) is 6.42. The summed E-state index contributed by atoms with van der Waals surface area (Å²) in [4.78, 5) is 17.5. The van der Waals surface area contributed by atoms with E-state index in [1.54, 1.807) is 11.3 Å². The van der Waals surface area contributed by atoms with Gasteiger partial charge < -0.3 is 5.32 Å². The number of imidazole rings is 1. The lowest BCUT2D eigenvalue weighted by Crippen LogP contribution is -2.10. The van der Waals surface area contributed by atoms with Crippen LogP contribution in [0.1, 0.15) is 10.4 Å². The maximum Gasteiger partial charge on any atom is 0.256 e. The Hall–Kier alpha value is -2.44. The summed E-state index contributed by atoms with van der Waals surface area (Å²) >= 11 is 3.12. The Bertz CT molecular complexity index is 892. The van der Waals surface area contributed by atoms with Gasteiger partial charge >= 0.3 is 0 Å². The molecule has 108 valence electrons. The number of fused-ring (bicyclic) bond motifs is 1. The maximum absolute atomic E-state index is 12.0. The van der Waals surface area contributed by atoms with Crippen LogP contribution in [0.4, 0.5) is 5.69 Å². The Balaban J connectivity index is 1.55. The molecule has 3 heterocycles. The fraction of sp³-hybridized carbons (Fsp3) is 0. The molecule has 0 saturated heterocycles. The molecule has 0 unspecified atom stereocenters. The SMILES string of the molecule is O=C(Nc1ccc(-c2cn3ccsc3n2)cc1)c1ccsc1. The van der Waals surface area contributed by atoms with Crippen molar-refractivity contribution in [1.82, 2.24) is 9.38 Å². The highest BCUT2D eigenvalue weighted by Crippen LogP contribution is 2.23. The van der Waals surface area contributed by atoms with Gasteiger partial charge in [-0.15, -0.1) is 11.3 Å². The molecule has 0 aliphatic carbocycles. The predicted octanol–water partition coefficient (Wildman–Crippen LogP) is 4.38. The van der Waals surface area contributed by atoms with E-state index < -0.39 is 0 Å². The Labute approximate surface area is 134 Å². The number of nitrogens with zero attached hydrogens (tertiary/aromatic N) is 2. The highest BCUT2D eigenvalue weighted by atomic mass is 32.1. The Morgan fingerprint density at radius 2 is 2.00 bits per heavy atom. The molecule has 0 radical (unpaired) electrons. The first kappa shape index (κ1) is 13.2. The van der Waals surface area contributed by atoms with Gasteiger partial charge in [-0.2, -0.15) is 11.3 Å². The molecule has 0 atom stereocenters. The average Bonchev–Trinajstić information content (AvgIpc) is 3.24. The largest absolute Gasteiger partial charge is 0.322 e. The van der Waals surface area contributed by atoms with Crippen molar-refractivity contribution in [2.24, 2.45) is 0 Å². The van der Waals surface area contributed by atoms with E-state index in [1.807, 2.05) is 63.3 Å². The van der Waals surface area contributed by atoms with Gasteiger partial charge in [-0.05, 0) is 23.6 Å². The summed E-state index contributed by atoms with van der Waals surface area (Å²) in [7, 11) is 0. The van der Waals surface area contributed by atoms with Crippen LogP contribution in [-0.4, -0.2) is 15.3 Å². The fourth-order valence-corrected chi connectivity index (χ4v) is 3.52. The van der Waals surface area contributed by atoms with Crippen LogP contribution in [0.5, 0.6) is 0 Å². The van der Waals surface area contributed by atoms with Crippen LogP contribution < -0.4 is 5.32 Å². The number of amides is 1. The quantitative estimate of drug-likeness (QED) is 0.608. The summed E-state index contributed by atoms with van der Waals surface area (Å²) in [5.74, 6) is -0.0866. The molecule has 0 bridgehead atoms. The summed E-state index contributed by atoms with van der Waals surface area (Å²) in [5.41, 5.74) is 3.43. The van der Waals surface area contributed by atoms with Crippen molar-refractivity contribution in [2.45, 2.75) is 0 Å². The molecule has 4 nitrogen and oxygen atoms in total. The monoisotopic (exact) mass is 325 g/mol. The van der Waals surface area contributed by atoms with E-state index in [0.29, 0.717) is 5.56 Å². The van der Waals surface area contributed by atoms with E-state index in [2.05, 4.69) is 10.3 Å². The molecular weight excluding hydrogens is 314 g/mol. The summed E-state index contributed by atoms with van der Waals surface area (Å²) in [5, 5.41) is 8.62. The summed E-state index contributed by atoms with van der Waals surface area (Å²) in [6.07, 6.45) is 4.00. The molecule has 22 heavy (non-hydrogen) atoms. The molecule has 1 amide bonds. The number of anilines is 1. The van der Waals surface area contributed by atoms with Crippen molar-refractivity contribution < 1.29 is 4.79 Å². The third kappa shape index (κ3) is 2.43. The van der Waals surface area contributed by atoms with Crippen LogP contribution in [0.25, 0.3) is 16.2 Å². The number of hydrogen-bond acceptors (Lipinski definition) is 4. The predicted molar refractivity (Wildman–Crippen MR) is 90.8 cm³/mol. The molecule has 1 N–H and O–H groups in total. The Morgan fingerprint density at radius 3 is 2.73 bits per heavy atom. The number of hydrogen-bond donors (Lipinski definition) is 1. The molecule has 4 aromatic rings. The second-order valence-electron chi connectivity index (χ2n) is 4.76. The minimum Gasteiger partial charge on any atom is -0.322 e. The van der Waals surface area contributed by atoms with Gasteiger partial charge in [0.15, 0.2) is 4.96 Å². The highest BCUT2D eigenvalue weighted by Gasteiger charge is 2.08. The minimum atomic E-state index is -0.0866. The highest BCUT2D eigenvalue weighted by molar-refractivity contribution is 7.15. The summed E-state index contributed by atoms with van der Waals surface area (Å²) in [6, 6.07) is 9.54. The smallest absolute Gasteiger partial charge is 0.256 e. The normalized spacial score (nSPS) is 10.9. The molecule has 0 aliphatic rings. The topological polar surface area (TPSA) is 46.4 Å². The zero-order valence-corrected chi connectivity index (χ0v) is 13.0. The van der Waals surface area contributed by atoms with E-state index in [-0.39, 0.29) is 5.91 Å². The second kappa shape index (κ2) is 5.40. The third-order valence-electron chi connectivity index (χ3n) is 3.32. The van der Waals surface area contributed by atoms with E-state index in [1.165, 1.54) is 11.3 Å². The minimum absolute atomic E-state index is 0.0866.